The highest BCUT2D eigenvalue weighted by atomic mass is 35.5. The van der Waals surface area contributed by atoms with Crippen LogP contribution in [-0.4, -0.2) is 26.2 Å². The Balaban J connectivity index is 2.06. The standard InChI is InChI=1S/C20H24ClNO4/c1-5-17(26-16-8-6-7-15(21)12-16)20(23)22-13(2)14-9-10-18(24-3)19(11-14)25-4/h6-13,17H,5H2,1-4H3,(H,22,23)/t13-,17+/m1/s1. The largest absolute Gasteiger partial charge is 0.493 e. The summed E-state index contributed by atoms with van der Waals surface area (Å²) in [5.41, 5.74) is 0.911. The molecule has 0 aliphatic carbocycles. The van der Waals surface area contributed by atoms with Gasteiger partial charge in [0.15, 0.2) is 17.6 Å². The second-order valence-corrected chi connectivity index (χ2v) is 6.25. The van der Waals surface area contributed by atoms with Crippen molar-refractivity contribution in [2.45, 2.75) is 32.4 Å². The van der Waals surface area contributed by atoms with E-state index >= 15 is 0 Å². The van der Waals surface area contributed by atoms with E-state index in [0.29, 0.717) is 28.7 Å². The van der Waals surface area contributed by atoms with Crippen molar-refractivity contribution < 1.29 is 19.0 Å². The lowest BCUT2D eigenvalue weighted by Gasteiger charge is -2.21. The number of hydrogen-bond acceptors (Lipinski definition) is 4. The Hall–Kier alpha value is -2.40. The SMILES string of the molecule is CC[C@H](Oc1cccc(Cl)c1)C(=O)N[C@H](C)c1ccc(OC)c(OC)c1. The Bertz CT molecular complexity index is 750. The predicted molar refractivity (Wildman–Crippen MR) is 102 cm³/mol. The molecule has 0 radical (unpaired) electrons. The molecule has 0 bridgehead atoms. The van der Waals surface area contributed by atoms with Crippen molar-refractivity contribution in [3.63, 3.8) is 0 Å². The lowest BCUT2D eigenvalue weighted by atomic mass is 10.1. The van der Waals surface area contributed by atoms with Gasteiger partial charge in [-0.25, -0.2) is 0 Å². The number of methoxy groups -OCH3 is 2. The molecule has 2 aromatic carbocycles. The fourth-order valence-electron chi connectivity index (χ4n) is 2.54. The summed E-state index contributed by atoms with van der Waals surface area (Å²) in [7, 11) is 3.17. The Morgan fingerprint density at radius 2 is 1.85 bits per heavy atom. The van der Waals surface area contributed by atoms with Crippen LogP contribution < -0.4 is 19.5 Å². The molecule has 0 aliphatic rings. The maximum atomic E-state index is 12.6. The summed E-state index contributed by atoms with van der Waals surface area (Å²) in [4.78, 5) is 12.6. The van der Waals surface area contributed by atoms with Gasteiger partial charge in [0.05, 0.1) is 20.3 Å². The van der Waals surface area contributed by atoms with Crippen LogP contribution in [0.25, 0.3) is 0 Å². The van der Waals surface area contributed by atoms with Gasteiger partial charge >= 0.3 is 0 Å². The highest BCUT2D eigenvalue weighted by Crippen LogP contribution is 2.30. The van der Waals surface area contributed by atoms with E-state index in [-0.39, 0.29) is 11.9 Å². The summed E-state index contributed by atoms with van der Waals surface area (Å²) in [6.07, 6.45) is -0.0622. The average Bonchev–Trinajstić information content (AvgIpc) is 2.65. The van der Waals surface area contributed by atoms with Crippen LogP contribution in [0, 0.1) is 0 Å². The number of hydrogen-bond donors (Lipinski definition) is 1. The molecule has 0 fully saturated rings. The minimum atomic E-state index is -0.601. The molecule has 0 unspecified atom stereocenters. The molecule has 5 nitrogen and oxygen atoms in total. The van der Waals surface area contributed by atoms with E-state index in [0.717, 1.165) is 5.56 Å². The summed E-state index contributed by atoms with van der Waals surface area (Å²) >= 11 is 5.97. The zero-order valence-electron chi connectivity index (χ0n) is 15.4. The summed E-state index contributed by atoms with van der Waals surface area (Å²) < 4.78 is 16.3. The minimum Gasteiger partial charge on any atom is -0.493 e. The number of carbonyl (C=O) groups is 1. The highest BCUT2D eigenvalue weighted by molar-refractivity contribution is 6.30. The monoisotopic (exact) mass is 377 g/mol. The topological polar surface area (TPSA) is 56.8 Å². The molecule has 0 spiro atoms. The van der Waals surface area contributed by atoms with Gasteiger partial charge in [0.25, 0.3) is 5.91 Å². The molecular formula is C20H24ClNO4. The normalized spacial score (nSPS) is 12.8. The van der Waals surface area contributed by atoms with E-state index in [1.807, 2.05) is 32.0 Å². The molecular weight excluding hydrogens is 354 g/mol. The van der Waals surface area contributed by atoms with Crippen LogP contribution in [0.4, 0.5) is 0 Å². The maximum Gasteiger partial charge on any atom is 0.261 e. The van der Waals surface area contributed by atoms with Crippen molar-refractivity contribution in [1.29, 1.82) is 0 Å². The van der Waals surface area contributed by atoms with Gasteiger partial charge in [0.1, 0.15) is 5.75 Å². The zero-order valence-corrected chi connectivity index (χ0v) is 16.2. The second kappa shape index (κ2) is 9.34. The molecule has 26 heavy (non-hydrogen) atoms. The molecule has 1 N–H and O–H groups in total. The molecule has 6 heteroatoms. The number of benzene rings is 2. The first-order valence-corrected chi connectivity index (χ1v) is 8.80. The summed E-state index contributed by atoms with van der Waals surface area (Å²) in [6.45, 7) is 3.81. The van der Waals surface area contributed by atoms with Crippen LogP contribution in [0.3, 0.4) is 0 Å². The van der Waals surface area contributed by atoms with Crippen molar-refractivity contribution in [1.82, 2.24) is 5.32 Å². The average molecular weight is 378 g/mol. The fourth-order valence-corrected chi connectivity index (χ4v) is 2.72. The van der Waals surface area contributed by atoms with E-state index < -0.39 is 6.10 Å². The third-order valence-electron chi connectivity index (χ3n) is 4.00. The molecule has 140 valence electrons. The first-order chi connectivity index (χ1) is 12.5. The molecule has 0 aliphatic heterocycles. The van der Waals surface area contributed by atoms with Gasteiger partial charge in [0.2, 0.25) is 0 Å². The van der Waals surface area contributed by atoms with Gasteiger partial charge < -0.3 is 19.5 Å². The Morgan fingerprint density at radius 3 is 2.46 bits per heavy atom. The zero-order chi connectivity index (χ0) is 19.1. The van der Waals surface area contributed by atoms with Crippen LogP contribution in [0.1, 0.15) is 31.9 Å². The van der Waals surface area contributed by atoms with Crippen molar-refractivity contribution in [2.24, 2.45) is 0 Å². The van der Waals surface area contributed by atoms with Crippen LogP contribution in [0.15, 0.2) is 42.5 Å². The maximum absolute atomic E-state index is 12.6. The Kier molecular flexibility index (Phi) is 7.16. The first kappa shape index (κ1) is 19.9. The van der Waals surface area contributed by atoms with Crippen LogP contribution in [0.5, 0.6) is 17.2 Å². The van der Waals surface area contributed by atoms with Crippen LogP contribution in [-0.2, 0) is 4.79 Å². The molecule has 0 aromatic heterocycles. The molecule has 0 saturated heterocycles. The van der Waals surface area contributed by atoms with E-state index in [4.69, 9.17) is 25.8 Å². The minimum absolute atomic E-state index is 0.185. The number of ether oxygens (including phenoxy) is 3. The van der Waals surface area contributed by atoms with Gasteiger partial charge in [-0.15, -0.1) is 0 Å². The lowest BCUT2D eigenvalue weighted by molar-refractivity contribution is -0.128. The van der Waals surface area contributed by atoms with E-state index in [1.54, 1.807) is 38.5 Å². The van der Waals surface area contributed by atoms with Gasteiger partial charge in [-0.05, 0) is 49.2 Å². The molecule has 2 rings (SSSR count). The van der Waals surface area contributed by atoms with Crippen LogP contribution in [0.2, 0.25) is 5.02 Å². The molecule has 1 amide bonds. The molecule has 0 saturated carbocycles. The van der Waals surface area contributed by atoms with Gasteiger partial charge in [-0.3, -0.25) is 4.79 Å². The summed E-state index contributed by atoms with van der Waals surface area (Å²) in [5, 5.41) is 3.54. The third kappa shape index (κ3) is 5.05. The summed E-state index contributed by atoms with van der Waals surface area (Å²) in [6, 6.07) is 12.4. The fraction of sp³-hybridized carbons (Fsp3) is 0.350. The van der Waals surface area contributed by atoms with Crippen molar-refractivity contribution >= 4 is 17.5 Å². The number of amides is 1. The number of halogens is 1. The predicted octanol–water partition coefficient (Wildman–Crippen LogP) is 4.39. The second-order valence-electron chi connectivity index (χ2n) is 5.82. The Morgan fingerprint density at radius 1 is 1.12 bits per heavy atom. The van der Waals surface area contributed by atoms with Crippen molar-refractivity contribution in [2.75, 3.05) is 14.2 Å². The van der Waals surface area contributed by atoms with E-state index in [9.17, 15) is 4.79 Å². The number of carbonyl (C=O) groups excluding carboxylic acids is 1. The number of rotatable bonds is 8. The van der Waals surface area contributed by atoms with Crippen molar-refractivity contribution in [3.05, 3.63) is 53.1 Å². The van der Waals surface area contributed by atoms with Gasteiger partial charge in [-0.1, -0.05) is 30.7 Å². The number of nitrogens with one attached hydrogen (secondary N) is 1. The highest BCUT2D eigenvalue weighted by Gasteiger charge is 2.21. The third-order valence-corrected chi connectivity index (χ3v) is 4.24. The van der Waals surface area contributed by atoms with E-state index in [2.05, 4.69) is 5.32 Å². The van der Waals surface area contributed by atoms with Gasteiger partial charge in [0, 0.05) is 5.02 Å². The Labute approximate surface area is 159 Å². The van der Waals surface area contributed by atoms with Gasteiger partial charge in [-0.2, -0.15) is 0 Å². The molecule has 0 heterocycles. The summed E-state index contributed by atoms with van der Waals surface area (Å²) in [5.74, 6) is 1.65. The first-order valence-electron chi connectivity index (χ1n) is 8.43. The lowest BCUT2D eigenvalue weighted by Crippen LogP contribution is -2.39. The quantitative estimate of drug-likeness (QED) is 0.741. The smallest absolute Gasteiger partial charge is 0.261 e. The molecule has 2 atom stereocenters. The molecule has 2 aromatic rings. The van der Waals surface area contributed by atoms with Crippen molar-refractivity contribution in [3.8, 4) is 17.2 Å². The van der Waals surface area contributed by atoms with Crippen LogP contribution >= 0.6 is 11.6 Å². The van der Waals surface area contributed by atoms with E-state index in [1.165, 1.54) is 0 Å².